The maximum Gasteiger partial charge on any atom is 0.416 e. The summed E-state index contributed by atoms with van der Waals surface area (Å²) in [4.78, 5) is 19.6. The van der Waals surface area contributed by atoms with E-state index in [2.05, 4.69) is 9.97 Å². The molecule has 0 saturated heterocycles. The molecule has 0 aliphatic heterocycles. The number of nitrogens with one attached hydrogen (secondary N) is 1. The predicted octanol–water partition coefficient (Wildman–Crippen LogP) is 5.28. The van der Waals surface area contributed by atoms with Gasteiger partial charge in [0.05, 0.1) is 16.5 Å². The topological polar surface area (TPSA) is 45.8 Å². The van der Waals surface area contributed by atoms with Crippen LogP contribution in [0.3, 0.4) is 0 Å². The Balaban J connectivity index is 1.86. The highest BCUT2D eigenvalue weighted by Gasteiger charge is 2.30. The zero-order chi connectivity index (χ0) is 19.0. The van der Waals surface area contributed by atoms with Gasteiger partial charge in [-0.05, 0) is 35.4 Å². The minimum Gasteiger partial charge on any atom is -0.306 e. The third-order valence-electron chi connectivity index (χ3n) is 4.32. The van der Waals surface area contributed by atoms with Gasteiger partial charge in [0.2, 0.25) is 0 Å². The van der Waals surface area contributed by atoms with Crippen LogP contribution in [-0.4, -0.2) is 9.97 Å². The lowest BCUT2D eigenvalue weighted by Gasteiger charge is -2.11. The molecule has 1 heterocycles. The zero-order valence-electron chi connectivity index (χ0n) is 13.9. The first-order chi connectivity index (χ1) is 12.9. The lowest BCUT2D eigenvalue weighted by Crippen LogP contribution is -2.09. The second kappa shape index (κ2) is 6.39. The number of hydrogen-bond donors (Lipinski definition) is 1. The molecule has 0 bridgehead atoms. The first-order valence-corrected chi connectivity index (χ1v) is 8.19. The Hall–Kier alpha value is -3.41. The van der Waals surface area contributed by atoms with Crippen molar-refractivity contribution in [2.24, 2.45) is 0 Å². The second-order valence-electron chi connectivity index (χ2n) is 6.05. The second-order valence-corrected chi connectivity index (χ2v) is 6.05. The molecule has 3 nitrogen and oxygen atoms in total. The molecular formula is C21H13F3N2O. The highest BCUT2D eigenvalue weighted by molar-refractivity contribution is 5.84. The highest BCUT2D eigenvalue weighted by atomic mass is 19.4. The molecule has 0 fully saturated rings. The molecule has 0 atom stereocenters. The normalized spacial score (nSPS) is 11.7. The molecule has 0 aliphatic rings. The first-order valence-electron chi connectivity index (χ1n) is 8.19. The lowest BCUT2D eigenvalue weighted by atomic mass is 9.98. The third kappa shape index (κ3) is 3.21. The molecule has 4 aromatic rings. The van der Waals surface area contributed by atoms with Crippen molar-refractivity contribution in [3.63, 3.8) is 0 Å². The number of halogens is 3. The average Bonchev–Trinajstić information content (AvgIpc) is 2.67. The van der Waals surface area contributed by atoms with Crippen LogP contribution in [0.5, 0.6) is 0 Å². The van der Waals surface area contributed by atoms with Crippen molar-refractivity contribution in [1.29, 1.82) is 0 Å². The lowest BCUT2D eigenvalue weighted by molar-refractivity contribution is -0.137. The molecule has 0 radical (unpaired) electrons. The number of alkyl halides is 3. The van der Waals surface area contributed by atoms with Crippen LogP contribution in [0.2, 0.25) is 0 Å². The van der Waals surface area contributed by atoms with Gasteiger partial charge in [0.15, 0.2) is 0 Å². The number of hydrogen-bond acceptors (Lipinski definition) is 2. The van der Waals surface area contributed by atoms with Gasteiger partial charge in [0.1, 0.15) is 5.82 Å². The Kier molecular flexibility index (Phi) is 4.03. The number of nitrogens with zero attached hydrogens (tertiary/aromatic N) is 1. The van der Waals surface area contributed by atoms with Gasteiger partial charge < -0.3 is 4.98 Å². The van der Waals surface area contributed by atoms with Gasteiger partial charge in [-0.1, -0.05) is 48.5 Å². The average molecular weight is 366 g/mol. The van der Waals surface area contributed by atoms with E-state index in [1.165, 1.54) is 12.1 Å². The summed E-state index contributed by atoms with van der Waals surface area (Å²) in [6, 6.07) is 19.0. The molecule has 0 saturated carbocycles. The SMILES string of the molecule is O=c1[nH]c(-c2ccccc2-c2ccc(C(F)(F)F)cc2)nc2ccccc12. The highest BCUT2D eigenvalue weighted by Crippen LogP contribution is 2.34. The van der Waals surface area contributed by atoms with Crippen LogP contribution in [-0.2, 0) is 6.18 Å². The smallest absolute Gasteiger partial charge is 0.306 e. The third-order valence-corrected chi connectivity index (χ3v) is 4.32. The van der Waals surface area contributed by atoms with E-state index >= 15 is 0 Å². The molecule has 0 amide bonds. The summed E-state index contributed by atoms with van der Waals surface area (Å²) in [6.45, 7) is 0. The minimum atomic E-state index is -4.39. The van der Waals surface area contributed by atoms with E-state index in [0.717, 1.165) is 12.1 Å². The molecule has 3 aromatic carbocycles. The largest absolute Gasteiger partial charge is 0.416 e. The van der Waals surface area contributed by atoms with Gasteiger partial charge in [-0.3, -0.25) is 4.79 Å². The summed E-state index contributed by atoms with van der Waals surface area (Å²) in [5, 5.41) is 0.480. The molecular weight excluding hydrogens is 353 g/mol. The van der Waals surface area contributed by atoms with Crippen LogP contribution in [0.1, 0.15) is 5.56 Å². The quantitative estimate of drug-likeness (QED) is 0.525. The Labute approximate surface area is 152 Å². The van der Waals surface area contributed by atoms with Crippen molar-refractivity contribution in [3.8, 4) is 22.5 Å². The van der Waals surface area contributed by atoms with Crippen molar-refractivity contribution in [2.75, 3.05) is 0 Å². The molecule has 0 aliphatic carbocycles. The predicted molar refractivity (Wildman–Crippen MR) is 98.2 cm³/mol. The van der Waals surface area contributed by atoms with E-state index in [4.69, 9.17) is 0 Å². The standard InChI is InChI=1S/C21H13F3N2O/c22-21(23,24)14-11-9-13(10-12-14)15-5-1-2-6-16(15)19-25-18-8-4-3-7-17(18)20(27)26-19/h1-12H,(H,25,26,27). The molecule has 134 valence electrons. The maximum atomic E-state index is 12.8. The number of aromatic amines is 1. The van der Waals surface area contributed by atoms with Crippen LogP contribution in [0, 0.1) is 0 Å². The molecule has 6 heteroatoms. The number of H-pyrrole nitrogens is 1. The van der Waals surface area contributed by atoms with Crippen molar-refractivity contribution in [3.05, 3.63) is 88.7 Å². The van der Waals surface area contributed by atoms with Crippen LogP contribution >= 0.6 is 0 Å². The molecule has 27 heavy (non-hydrogen) atoms. The summed E-state index contributed by atoms with van der Waals surface area (Å²) in [5.41, 5.74) is 1.51. The summed E-state index contributed by atoms with van der Waals surface area (Å²) in [6.07, 6.45) is -4.39. The Bertz CT molecular complexity index is 1180. The monoisotopic (exact) mass is 366 g/mol. The Morgan fingerprint density at radius 1 is 0.778 bits per heavy atom. The number of para-hydroxylation sites is 1. The Morgan fingerprint density at radius 2 is 1.41 bits per heavy atom. The maximum absolute atomic E-state index is 12.8. The van der Waals surface area contributed by atoms with Gasteiger partial charge in [-0.2, -0.15) is 13.2 Å². The van der Waals surface area contributed by atoms with Crippen LogP contribution < -0.4 is 5.56 Å². The van der Waals surface area contributed by atoms with Crippen molar-refractivity contribution < 1.29 is 13.2 Å². The first kappa shape index (κ1) is 17.0. The molecule has 0 unspecified atom stereocenters. The molecule has 1 aromatic heterocycles. The van der Waals surface area contributed by atoms with E-state index in [0.29, 0.717) is 33.4 Å². The summed E-state index contributed by atoms with van der Waals surface area (Å²) in [5.74, 6) is 0.370. The summed E-state index contributed by atoms with van der Waals surface area (Å²) >= 11 is 0. The van der Waals surface area contributed by atoms with E-state index in [-0.39, 0.29) is 5.56 Å². The van der Waals surface area contributed by atoms with E-state index in [1.54, 1.807) is 48.5 Å². The van der Waals surface area contributed by atoms with E-state index in [1.807, 2.05) is 0 Å². The van der Waals surface area contributed by atoms with Gasteiger partial charge in [-0.25, -0.2) is 4.98 Å². The molecule has 4 rings (SSSR count). The fraction of sp³-hybridized carbons (Fsp3) is 0.0476. The van der Waals surface area contributed by atoms with E-state index < -0.39 is 11.7 Å². The zero-order valence-corrected chi connectivity index (χ0v) is 13.9. The fourth-order valence-corrected chi connectivity index (χ4v) is 2.99. The van der Waals surface area contributed by atoms with Crippen LogP contribution in [0.4, 0.5) is 13.2 Å². The minimum absolute atomic E-state index is 0.266. The molecule has 1 N–H and O–H groups in total. The number of rotatable bonds is 2. The van der Waals surface area contributed by atoms with Crippen molar-refractivity contribution in [1.82, 2.24) is 9.97 Å². The van der Waals surface area contributed by atoms with Gasteiger partial charge in [-0.15, -0.1) is 0 Å². The molecule has 0 spiro atoms. The van der Waals surface area contributed by atoms with Gasteiger partial charge >= 0.3 is 6.18 Å². The van der Waals surface area contributed by atoms with Gasteiger partial charge in [0.25, 0.3) is 5.56 Å². The Morgan fingerprint density at radius 3 is 2.11 bits per heavy atom. The fourth-order valence-electron chi connectivity index (χ4n) is 2.99. The summed E-state index contributed by atoms with van der Waals surface area (Å²) < 4.78 is 38.4. The number of aromatic nitrogens is 2. The van der Waals surface area contributed by atoms with Gasteiger partial charge in [0, 0.05) is 5.56 Å². The number of fused-ring (bicyclic) bond motifs is 1. The number of benzene rings is 3. The van der Waals surface area contributed by atoms with E-state index in [9.17, 15) is 18.0 Å². The van der Waals surface area contributed by atoms with Crippen molar-refractivity contribution >= 4 is 10.9 Å². The van der Waals surface area contributed by atoms with Crippen molar-refractivity contribution in [2.45, 2.75) is 6.18 Å². The van der Waals surface area contributed by atoms with Crippen LogP contribution in [0.25, 0.3) is 33.4 Å². The van der Waals surface area contributed by atoms with Crippen LogP contribution in [0.15, 0.2) is 77.6 Å². The summed E-state index contributed by atoms with van der Waals surface area (Å²) in [7, 11) is 0.